The number of hydrogen-bond acceptors (Lipinski definition) is 3. The lowest BCUT2D eigenvalue weighted by Crippen LogP contribution is -2.53. The monoisotopic (exact) mass is 212 g/mol. The van der Waals surface area contributed by atoms with E-state index < -0.39 is 0 Å². The molecule has 0 amide bonds. The van der Waals surface area contributed by atoms with E-state index in [4.69, 9.17) is 9.47 Å². The number of Topliss-reactive ketones (excluding diaryl/α,β-unsaturated/α-hetero) is 1. The average molecular weight is 212 g/mol. The highest BCUT2D eigenvalue weighted by Crippen LogP contribution is 2.57. The summed E-state index contributed by atoms with van der Waals surface area (Å²) in [6, 6.07) is 0. The topological polar surface area (TPSA) is 35.5 Å². The Morgan fingerprint density at radius 1 is 1.27 bits per heavy atom. The minimum absolute atomic E-state index is 0.208. The zero-order valence-corrected chi connectivity index (χ0v) is 9.62. The lowest BCUT2D eigenvalue weighted by atomic mass is 9.53. The van der Waals surface area contributed by atoms with Crippen LogP contribution in [0.5, 0.6) is 0 Å². The number of carbonyl (C=O) groups excluding carboxylic acids is 1. The molecule has 0 bridgehead atoms. The van der Waals surface area contributed by atoms with Gasteiger partial charge in [-0.25, -0.2) is 0 Å². The summed E-state index contributed by atoms with van der Waals surface area (Å²) in [7, 11) is 1.78. The molecule has 2 rings (SSSR count). The molecule has 0 aromatic rings. The summed E-state index contributed by atoms with van der Waals surface area (Å²) in [5, 5.41) is 0. The second kappa shape index (κ2) is 4.22. The van der Waals surface area contributed by atoms with Crippen molar-refractivity contribution in [3.8, 4) is 0 Å². The highest BCUT2D eigenvalue weighted by Gasteiger charge is 2.53. The second-order valence-corrected chi connectivity index (χ2v) is 5.00. The fourth-order valence-corrected chi connectivity index (χ4v) is 2.74. The fraction of sp³-hybridized carbons (Fsp3) is 0.917. The van der Waals surface area contributed by atoms with E-state index in [1.807, 2.05) is 6.92 Å². The first-order valence-electron chi connectivity index (χ1n) is 5.83. The first-order valence-corrected chi connectivity index (χ1v) is 5.83. The van der Waals surface area contributed by atoms with E-state index in [0.29, 0.717) is 30.7 Å². The molecular formula is C12H20O3. The molecule has 0 saturated heterocycles. The summed E-state index contributed by atoms with van der Waals surface area (Å²) in [6.45, 7) is 2.19. The predicted octanol–water partition coefficient (Wildman–Crippen LogP) is 1.94. The summed E-state index contributed by atoms with van der Waals surface area (Å²) in [5.74, 6) is 0.208. The van der Waals surface area contributed by atoms with Crippen LogP contribution in [0.25, 0.3) is 0 Å². The molecule has 3 nitrogen and oxygen atoms in total. The van der Waals surface area contributed by atoms with Crippen molar-refractivity contribution < 1.29 is 14.3 Å². The minimum Gasteiger partial charge on any atom is -0.381 e. The number of ketones is 1. The average Bonchev–Trinajstić information content (AvgIpc) is 2.12. The van der Waals surface area contributed by atoms with Gasteiger partial charge in [0.05, 0.1) is 12.2 Å². The minimum atomic E-state index is 0.208. The quantitative estimate of drug-likeness (QED) is 0.698. The number of methoxy groups -OCH3 is 1. The van der Waals surface area contributed by atoms with E-state index in [9.17, 15) is 4.79 Å². The van der Waals surface area contributed by atoms with Crippen LogP contribution in [-0.2, 0) is 14.3 Å². The van der Waals surface area contributed by atoms with E-state index in [1.165, 1.54) is 12.8 Å². The standard InChI is InChI=1S/C12H20O3/c1-3-9(13)8-15-11-6-12(7-11)4-10(5-12)14-2/h10-11H,3-8H2,1-2H3. The summed E-state index contributed by atoms with van der Waals surface area (Å²) in [5.41, 5.74) is 0.514. The Morgan fingerprint density at radius 2 is 1.87 bits per heavy atom. The van der Waals surface area contributed by atoms with Gasteiger partial charge >= 0.3 is 0 Å². The summed E-state index contributed by atoms with van der Waals surface area (Å²) >= 11 is 0. The van der Waals surface area contributed by atoms with Crippen LogP contribution >= 0.6 is 0 Å². The molecular weight excluding hydrogens is 192 g/mol. The number of carbonyl (C=O) groups is 1. The third-order valence-corrected chi connectivity index (χ3v) is 3.85. The Hall–Kier alpha value is -0.410. The van der Waals surface area contributed by atoms with Crippen LogP contribution in [0.4, 0.5) is 0 Å². The fourth-order valence-electron chi connectivity index (χ4n) is 2.74. The zero-order valence-electron chi connectivity index (χ0n) is 9.62. The lowest BCUT2D eigenvalue weighted by Gasteiger charge is -2.56. The predicted molar refractivity (Wildman–Crippen MR) is 56.7 cm³/mol. The summed E-state index contributed by atoms with van der Waals surface area (Å²) < 4.78 is 10.8. The van der Waals surface area contributed by atoms with Gasteiger partial charge in [0.25, 0.3) is 0 Å². The molecule has 2 aliphatic carbocycles. The van der Waals surface area contributed by atoms with Crippen molar-refractivity contribution in [2.24, 2.45) is 5.41 Å². The number of rotatable bonds is 5. The molecule has 0 atom stereocenters. The van der Waals surface area contributed by atoms with Gasteiger partial charge in [-0.15, -0.1) is 0 Å². The third kappa shape index (κ3) is 2.23. The van der Waals surface area contributed by atoms with Gasteiger partial charge in [0.2, 0.25) is 0 Å². The molecule has 2 fully saturated rings. The van der Waals surface area contributed by atoms with Crippen molar-refractivity contribution >= 4 is 5.78 Å². The first kappa shape index (κ1) is 11.1. The van der Waals surface area contributed by atoms with Gasteiger partial charge in [0.1, 0.15) is 6.61 Å². The van der Waals surface area contributed by atoms with Crippen LogP contribution in [0.3, 0.4) is 0 Å². The van der Waals surface area contributed by atoms with E-state index in [0.717, 1.165) is 12.8 Å². The molecule has 15 heavy (non-hydrogen) atoms. The van der Waals surface area contributed by atoms with Gasteiger partial charge in [0, 0.05) is 13.5 Å². The smallest absolute Gasteiger partial charge is 0.158 e. The number of ether oxygens (including phenoxy) is 2. The molecule has 1 spiro atoms. The van der Waals surface area contributed by atoms with Gasteiger partial charge in [-0.1, -0.05) is 6.92 Å². The second-order valence-electron chi connectivity index (χ2n) is 5.00. The molecule has 86 valence electrons. The van der Waals surface area contributed by atoms with E-state index in [1.54, 1.807) is 7.11 Å². The first-order chi connectivity index (χ1) is 7.17. The van der Waals surface area contributed by atoms with Crippen molar-refractivity contribution in [2.75, 3.05) is 13.7 Å². The highest BCUT2D eigenvalue weighted by atomic mass is 16.5. The molecule has 0 aliphatic heterocycles. The molecule has 0 radical (unpaired) electrons. The maximum atomic E-state index is 11.1. The van der Waals surface area contributed by atoms with Crippen molar-refractivity contribution in [2.45, 2.75) is 51.2 Å². The van der Waals surface area contributed by atoms with Crippen LogP contribution in [0, 0.1) is 5.41 Å². The molecule has 0 unspecified atom stereocenters. The lowest BCUT2D eigenvalue weighted by molar-refractivity contribution is -0.171. The Kier molecular flexibility index (Phi) is 3.12. The largest absolute Gasteiger partial charge is 0.381 e. The van der Waals surface area contributed by atoms with Crippen LogP contribution in [-0.4, -0.2) is 31.7 Å². The normalized spacial score (nSPS) is 38.5. The number of hydrogen-bond donors (Lipinski definition) is 0. The highest BCUT2D eigenvalue weighted by molar-refractivity contribution is 5.79. The molecule has 2 aliphatic rings. The Balaban J connectivity index is 1.61. The Morgan fingerprint density at radius 3 is 2.40 bits per heavy atom. The van der Waals surface area contributed by atoms with Crippen LogP contribution < -0.4 is 0 Å². The summed E-state index contributed by atoms with van der Waals surface area (Å²) in [4.78, 5) is 11.1. The van der Waals surface area contributed by atoms with Crippen molar-refractivity contribution in [3.63, 3.8) is 0 Å². The van der Waals surface area contributed by atoms with Crippen molar-refractivity contribution in [1.82, 2.24) is 0 Å². The van der Waals surface area contributed by atoms with Crippen molar-refractivity contribution in [1.29, 1.82) is 0 Å². The zero-order chi connectivity index (χ0) is 10.9. The van der Waals surface area contributed by atoms with Crippen LogP contribution in [0.15, 0.2) is 0 Å². The van der Waals surface area contributed by atoms with E-state index in [-0.39, 0.29) is 5.78 Å². The molecule has 3 heteroatoms. The molecule has 0 aromatic heterocycles. The van der Waals surface area contributed by atoms with Gasteiger partial charge in [-0.2, -0.15) is 0 Å². The van der Waals surface area contributed by atoms with Crippen LogP contribution in [0.1, 0.15) is 39.0 Å². The molecule has 0 aromatic carbocycles. The molecule has 0 N–H and O–H groups in total. The van der Waals surface area contributed by atoms with E-state index in [2.05, 4.69) is 0 Å². The Labute approximate surface area is 91.1 Å². The van der Waals surface area contributed by atoms with Gasteiger partial charge in [-0.05, 0) is 31.1 Å². The van der Waals surface area contributed by atoms with Gasteiger partial charge in [-0.3, -0.25) is 4.79 Å². The Bertz CT molecular complexity index is 235. The van der Waals surface area contributed by atoms with Gasteiger partial charge in [0.15, 0.2) is 5.78 Å². The SMILES string of the molecule is CCC(=O)COC1CC2(CC(OC)C2)C1. The molecule has 2 saturated carbocycles. The van der Waals surface area contributed by atoms with Crippen molar-refractivity contribution in [3.05, 3.63) is 0 Å². The maximum absolute atomic E-state index is 11.1. The maximum Gasteiger partial charge on any atom is 0.158 e. The molecule has 0 heterocycles. The van der Waals surface area contributed by atoms with E-state index >= 15 is 0 Å². The van der Waals surface area contributed by atoms with Gasteiger partial charge < -0.3 is 9.47 Å². The van der Waals surface area contributed by atoms with Crippen LogP contribution in [0.2, 0.25) is 0 Å². The third-order valence-electron chi connectivity index (χ3n) is 3.85. The summed E-state index contributed by atoms with van der Waals surface area (Å²) in [6.07, 6.45) is 6.02.